The highest BCUT2D eigenvalue weighted by atomic mass is 32.2. The highest BCUT2D eigenvalue weighted by Gasteiger charge is 2.27. The zero-order valence-electron chi connectivity index (χ0n) is 13.2. The van der Waals surface area contributed by atoms with E-state index in [1.165, 1.54) is 4.31 Å². The molecule has 0 spiro atoms. The highest BCUT2D eigenvalue weighted by molar-refractivity contribution is 7.89. The molecule has 23 heavy (non-hydrogen) atoms. The first-order valence-corrected chi connectivity index (χ1v) is 9.03. The topological polar surface area (TPSA) is 110 Å². The first-order valence-electron chi connectivity index (χ1n) is 7.42. The van der Waals surface area contributed by atoms with Gasteiger partial charge in [-0.3, -0.25) is 4.79 Å². The van der Waals surface area contributed by atoms with Crippen LogP contribution >= 0.6 is 0 Å². The van der Waals surface area contributed by atoms with Crippen LogP contribution in [0.2, 0.25) is 0 Å². The summed E-state index contributed by atoms with van der Waals surface area (Å²) in [4.78, 5) is 9.00. The Morgan fingerprint density at radius 2 is 2.00 bits per heavy atom. The molecule has 2 rings (SSSR count). The SMILES string of the molecule is CC(=O)O.NC1CCCN(S(=O)(=O)CCOc2ccccc2)C1. The van der Waals surface area contributed by atoms with Gasteiger partial charge in [0.05, 0.1) is 5.75 Å². The van der Waals surface area contributed by atoms with E-state index in [-0.39, 0.29) is 18.4 Å². The maximum Gasteiger partial charge on any atom is 0.300 e. The minimum atomic E-state index is -3.26. The fourth-order valence-electron chi connectivity index (χ4n) is 2.14. The Bertz CT molecular complexity index is 573. The molecule has 1 unspecified atom stereocenters. The summed E-state index contributed by atoms with van der Waals surface area (Å²) in [6, 6.07) is 9.17. The minimum Gasteiger partial charge on any atom is -0.492 e. The third-order valence-electron chi connectivity index (χ3n) is 3.17. The molecule has 0 radical (unpaired) electrons. The Morgan fingerprint density at radius 3 is 2.57 bits per heavy atom. The van der Waals surface area contributed by atoms with Crippen LogP contribution in [0.5, 0.6) is 5.75 Å². The van der Waals surface area contributed by atoms with Crippen LogP contribution in [-0.4, -0.2) is 55.3 Å². The van der Waals surface area contributed by atoms with E-state index in [0.29, 0.717) is 18.8 Å². The van der Waals surface area contributed by atoms with Crippen LogP contribution in [0.3, 0.4) is 0 Å². The van der Waals surface area contributed by atoms with Crippen molar-refractivity contribution in [1.82, 2.24) is 4.31 Å². The molecule has 0 bridgehead atoms. The summed E-state index contributed by atoms with van der Waals surface area (Å²) in [7, 11) is -3.26. The van der Waals surface area contributed by atoms with Crippen molar-refractivity contribution in [2.45, 2.75) is 25.8 Å². The number of sulfonamides is 1. The number of carboxylic acid groups (broad SMARTS) is 1. The van der Waals surface area contributed by atoms with E-state index in [9.17, 15) is 8.42 Å². The van der Waals surface area contributed by atoms with Crippen LogP contribution in [0.25, 0.3) is 0 Å². The predicted octanol–water partition coefficient (Wildman–Crippen LogP) is 0.909. The van der Waals surface area contributed by atoms with Crippen molar-refractivity contribution in [3.63, 3.8) is 0 Å². The Labute approximate surface area is 137 Å². The van der Waals surface area contributed by atoms with Gasteiger partial charge in [0.15, 0.2) is 0 Å². The molecule has 7 nitrogen and oxygen atoms in total. The van der Waals surface area contributed by atoms with Gasteiger partial charge in [-0.05, 0) is 25.0 Å². The molecule has 1 heterocycles. The normalized spacial score (nSPS) is 18.6. The quantitative estimate of drug-likeness (QED) is 0.821. The van der Waals surface area contributed by atoms with Gasteiger partial charge in [-0.25, -0.2) is 12.7 Å². The Balaban J connectivity index is 0.000000593. The number of benzene rings is 1. The fraction of sp³-hybridized carbons (Fsp3) is 0.533. The third-order valence-corrected chi connectivity index (χ3v) is 4.97. The van der Waals surface area contributed by atoms with Gasteiger partial charge in [-0.2, -0.15) is 0 Å². The summed E-state index contributed by atoms with van der Waals surface area (Å²) >= 11 is 0. The molecule has 1 aromatic carbocycles. The Kier molecular flexibility index (Phi) is 8.01. The largest absolute Gasteiger partial charge is 0.492 e. The maximum atomic E-state index is 12.1. The number of piperidine rings is 1. The van der Waals surface area contributed by atoms with Crippen LogP contribution in [0.15, 0.2) is 30.3 Å². The van der Waals surface area contributed by atoms with E-state index in [2.05, 4.69) is 0 Å². The number of nitrogens with two attached hydrogens (primary N) is 1. The second-order valence-corrected chi connectivity index (χ2v) is 7.35. The van der Waals surface area contributed by atoms with Crippen molar-refractivity contribution < 1.29 is 23.1 Å². The number of nitrogens with zero attached hydrogens (tertiary/aromatic N) is 1. The molecule has 0 aromatic heterocycles. The lowest BCUT2D eigenvalue weighted by molar-refractivity contribution is -0.134. The lowest BCUT2D eigenvalue weighted by atomic mass is 10.1. The van der Waals surface area contributed by atoms with Crippen molar-refractivity contribution >= 4 is 16.0 Å². The summed E-state index contributed by atoms with van der Waals surface area (Å²) in [6.45, 7) is 2.24. The number of carboxylic acids is 1. The lowest BCUT2D eigenvalue weighted by Gasteiger charge is -2.29. The van der Waals surface area contributed by atoms with E-state index < -0.39 is 16.0 Å². The molecule has 1 fully saturated rings. The number of rotatable bonds is 5. The van der Waals surface area contributed by atoms with Crippen molar-refractivity contribution in [2.75, 3.05) is 25.4 Å². The molecule has 130 valence electrons. The van der Waals surface area contributed by atoms with Gasteiger partial charge in [-0.1, -0.05) is 18.2 Å². The maximum absolute atomic E-state index is 12.1. The van der Waals surface area contributed by atoms with Crippen LogP contribution in [-0.2, 0) is 14.8 Å². The van der Waals surface area contributed by atoms with Crippen LogP contribution < -0.4 is 10.5 Å². The molecule has 1 atom stereocenters. The molecular weight excluding hydrogens is 320 g/mol. The summed E-state index contributed by atoms with van der Waals surface area (Å²) in [5, 5.41) is 7.42. The van der Waals surface area contributed by atoms with Crippen LogP contribution in [0.4, 0.5) is 0 Å². The second kappa shape index (κ2) is 9.49. The summed E-state index contributed by atoms with van der Waals surface area (Å²) < 4.78 is 31.1. The van der Waals surface area contributed by atoms with Gasteiger partial charge in [0, 0.05) is 26.1 Å². The Hall–Kier alpha value is -1.64. The first-order chi connectivity index (χ1) is 10.8. The molecule has 1 aliphatic heterocycles. The molecule has 0 amide bonds. The van der Waals surface area contributed by atoms with Crippen LogP contribution in [0.1, 0.15) is 19.8 Å². The van der Waals surface area contributed by atoms with Crippen molar-refractivity contribution in [3.05, 3.63) is 30.3 Å². The van der Waals surface area contributed by atoms with E-state index in [1.807, 2.05) is 30.3 Å². The number of hydrogen-bond donors (Lipinski definition) is 2. The molecule has 1 aliphatic rings. The zero-order chi connectivity index (χ0) is 17.3. The van der Waals surface area contributed by atoms with E-state index in [4.69, 9.17) is 20.4 Å². The molecule has 0 aliphatic carbocycles. The highest BCUT2D eigenvalue weighted by Crippen LogP contribution is 2.14. The number of aliphatic carboxylic acids is 1. The van der Waals surface area contributed by atoms with E-state index in [0.717, 1.165) is 19.8 Å². The van der Waals surface area contributed by atoms with Crippen molar-refractivity contribution in [2.24, 2.45) is 5.73 Å². The zero-order valence-corrected chi connectivity index (χ0v) is 14.0. The number of carbonyl (C=O) groups is 1. The lowest BCUT2D eigenvalue weighted by Crippen LogP contribution is -2.46. The molecule has 0 saturated carbocycles. The average molecular weight is 344 g/mol. The second-order valence-electron chi connectivity index (χ2n) is 5.26. The molecule has 1 saturated heterocycles. The third kappa shape index (κ3) is 7.96. The average Bonchev–Trinajstić information content (AvgIpc) is 2.47. The number of hydrogen-bond acceptors (Lipinski definition) is 5. The Morgan fingerprint density at radius 1 is 1.39 bits per heavy atom. The fourth-order valence-corrected chi connectivity index (χ4v) is 3.52. The first kappa shape index (κ1) is 19.4. The van der Waals surface area contributed by atoms with E-state index >= 15 is 0 Å². The summed E-state index contributed by atoms with van der Waals surface area (Å²) in [6.07, 6.45) is 1.73. The van der Waals surface area contributed by atoms with Gasteiger partial charge in [0.2, 0.25) is 10.0 Å². The number of ether oxygens (including phenoxy) is 1. The molecule has 8 heteroatoms. The number of para-hydroxylation sites is 1. The van der Waals surface area contributed by atoms with Crippen LogP contribution in [0, 0.1) is 0 Å². The van der Waals surface area contributed by atoms with Gasteiger partial charge in [0.1, 0.15) is 12.4 Å². The monoisotopic (exact) mass is 344 g/mol. The minimum absolute atomic E-state index is 0.00534. The summed E-state index contributed by atoms with van der Waals surface area (Å²) in [5.74, 6) is -0.151. The van der Waals surface area contributed by atoms with Gasteiger partial charge in [0.25, 0.3) is 5.97 Å². The predicted molar refractivity (Wildman–Crippen MR) is 87.8 cm³/mol. The van der Waals surface area contributed by atoms with Crippen molar-refractivity contribution in [3.8, 4) is 5.75 Å². The molecular formula is C15H24N2O5S. The van der Waals surface area contributed by atoms with Gasteiger partial charge >= 0.3 is 0 Å². The smallest absolute Gasteiger partial charge is 0.300 e. The van der Waals surface area contributed by atoms with E-state index in [1.54, 1.807) is 0 Å². The van der Waals surface area contributed by atoms with Crippen molar-refractivity contribution in [1.29, 1.82) is 0 Å². The summed E-state index contributed by atoms with van der Waals surface area (Å²) in [5.41, 5.74) is 5.80. The molecule has 1 aromatic rings. The van der Waals surface area contributed by atoms with Gasteiger partial charge in [-0.15, -0.1) is 0 Å². The standard InChI is InChI=1S/C13H20N2O3S.C2H4O2/c14-12-5-4-8-15(11-12)19(16,17)10-9-18-13-6-2-1-3-7-13;1-2(3)4/h1-3,6-7,12H,4-5,8-11,14H2;1H3,(H,3,4). The molecule has 3 N–H and O–H groups in total. The van der Waals surface area contributed by atoms with Gasteiger partial charge < -0.3 is 15.6 Å².